The largest absolute Gasteiger partial charge is 0.445 e. The molecule has 0 aliphatic carbocycles. The van der Waals surface area contributed by atoms with Crippen LogP contribution in [-0.2, 0) is 43.5 Å². The molecule has 9 heteroatoms. The number of rotatable bonds is 10. The summed E-state index contributed by atoms with van der Waals surface area (Å²) in [6.45, 7) is 1.07. The maximum absolute atomic E-state index is 8.08. The number of hydrogen-bond donors (Lipinski definition) is 1. The molecule has 1 saturated heterocycles. The van der Waals surface area contributed by atoms with Crippen LogP contribution in [0.25, 0.3) is 0 Å². The van der Waals surface area contributed by atoms with E-state index in [1.807, 2.05) is 91.0 Å². The van der Waals surface area contributed by atoms with Gasteiger partial charge in [-0.2, -0.15) is 0 Å². The second-order valence-corrected chi connectivity index (χ2v) is 10.8. The Bertz CT molecular complexity index is 1100. The van der Waals surface area contributed by atoms with E-state index in [0.29, 0.717) is 13.2 Å². The van der Waals surface area contributed by atoms with Crippen LogP contribution in [0.5, 0.6) is 0 Å². The van der Waals surface area contributed by atoms with Crippen LogP contribution in [0, 0.1) is 5.41 Å². The van der Waals surface area contributed by atoms with Crippen molar-refractivity contribution in [2.45, 2.75) is 48.2 Å². The van der Waals surface area contributed by atoms with E-state index < -0.39 is 34.3 Å². The van der Waals surface area contributed by atoms with Gasteiger partial charge in [0.25, 0.3) is 3.79 Å². The summed E-state index contributed by atoms with van der Waals surface area (Å²) < 4.78 is 28.5. The second-order valence-electron chi connectivity index (χ2n) is 8.50. The van der Waals surface area contributed by atoms with Crippen molar-refractivity contribution in [2.75, 3.05) is 6.61 Å². The van der Waals surface area contributed by atoms with Crippen molar-refractivity contribution in [1.82, 2.24) is 0 Å². The fraction of sp³-hybridized carbons (Fsp3) is 0.321. The molecule has 1 heterocycles. The summed E-state index contributed by atoms with van der Waals surface area (Å²) in [7, 11) is 0. The van der Waals surface area contributed by atoms with Gasteiger partial charge in [-0.1, -0.05) is 126 Å². The highest BCUT2D eigenvalue weighted by Gasteiger charge is 2.46. The SMILES string of the molecule is N=C(O[C@H]1OC[C@@H](OCc2ccccc2)[C@H](OCc2ccccc2)C1OCc1ccccc1)C(Cl)(Cl)Cl. The molecular weight excluding hydrogens is 537 g/mol. The van der Waals surface area contributed by atoms with Gasteiger partial charge >= 0.3 is 0 Å². The van der Waals surface area contributed by atoms with E-state index in [1.165, 1.54) is 0 Å². The summed E-state index contributed by atoms with van der Waals surface area (Å²) in [5, 5.41) is 8.08. The minimum atomic E-state index is -2.05. The van der Waals surface area contributed by atoms with Crippen LogP contribution in [0.15, 0.2) is 91.0 Å². The summed E-state index contributed by atoms with van der Waals surface area (Å²) in [5.74, 6) is -0.568. The molecule has 1 aliphatic rings. The molecule has 6 nitrogen and oxygen atoms in total. The van der Waals surface area contributed by atoms with Crippen LogP contribution in [0.3, 0.4) is 0 Å². The van der Waals surface area contributed by atoms with Crippen molar-refractivity contribution in [1.29, 1.82) is 5.41 Å². The number of halogens is 3. The Morgan fingerprint density at radius 2 is 1.14 bits per heavy atom. The fourth-order valence-electron chi connectivity index (χ4n) is 3.86. The van der Waals surface area contributed by atoms with Crippen LogP contribution in [0.1, 0.15) is 16.7 Å². The molecule has 0 saturated carbocycles. The minimum absolute atomic E-state index is 0.134. The zero-order chi connectivity index (χ0) is 26.1. The van der Waals surface area contributed by atoms with Gasteiger partial charge in [0.1, 0.15) is 18.3 Å². The van der Waals surface area contributed by atoms with E-state index in [4.69, 9.17) is 63.9 Å². The highest BCUT2D eigenvalue weighted by molar-refractivity contribution is 6.76. The Morgan fingerprint density at radius 1 is 0.703 bits per heavy atom. The lowest BCUT2D eigenvalue weighted by atomic mass is 10.0. The summed E-state index contributed by atoms with van der Waals surface area (Å²) in [4.78, 5) is 0. The van der Waals surface area contributed by atoms with Crippen molar-refractivity contribution in [3.8, 4) is 0 Å². The van der Waals surface area contributed by atoms with Gasteiger partial charge in [0.05, 0.1) is 26.4 Å². The van der Waals surface area contributed by atoms with E-state index in [-0.39, 0.29) is 13.2 Å². The number of benzene rings is 3. The first-order valence-corrected chi connectivity index (χ1v) is 12.9. The highest BCUT2D eigenvalue weighted by atomic mass is 35.6. The lowest BCUT2D eigenvalue weighted by Gasteiger charge is -2.42. The summed E-state index contributed by atoms with van der Waals surface area (Å²) in [6.07, 6.45) is -2.92. The summed E-state index contributed by atoms with van der Waals surface area (Å²) in [6, 6.07) is 29.3. The summed E-state index contributed by atoms with van der Waals surface area (Å²) in [5.41, 5.74) is 2.96. The van der Waals surface area contributed by atoms with Crippen LogP contribution in [-0.4, -0.2) is 40.9 Å². The van der Waals surface area contributed by atoms with Gasteiger partial charge < -0.3 is 23.7 Å². The molecule has 196 valence electrons. The Hall–Kier alpha value is -2.16. The van der Waals surface area contributed by atoms with E-state index >= 15 is 0 Å². The molecule has 0 radical (unpaired) electrons. The fourth-order valence-corrected chi connectivity index (χ4v) is 3.99. The van der Waals surface area contributed by atoms with Gasteiger partial charge in [-0.3, -0.25) is 5.41 Å². The number of nitrogens with one attached hydrogen (secondary N) is 1. The first-order chi connectivity index (χ1) is 17.9. The number of alkyl halides is 3. The first-order valence-electron chi connectivity index (χ1n) is 11.8. The Balaban J connectivity index is 1.56. The minimum Gasteiger partial charge on any atom is -0.445 e. The van der Waals surface area contributed by atoms with Crippen LogP contribution in [0.2, 0.25) is 0 Å². The molecule has 3 aromatic rings. The Kier molecular flexibility index (Phi) is 10.2. The molecule has 1 fully saturated rings. The number of hydrogen-bond acceptors (Lipinski definition) is 6. The average molecular weight is 565 g/mol. The molecule has 1 N–H and O–H groups in total. The Labute approximate surface area is 231 Å². The first kappa shape index (κ1) is 27.9. The molecule has 0 amide bonds. The van der Waals surface area contributed by atoms with Crippen LogP contribution in [0.4, 0.5) is 0 Å². The van der Waals surface area contributed by atoms with E-state index in [0.717, 1.165) is 16.7 Å². The monoisotopic (exact) mass is 563 g/mol. The third kappa shape index (κ3) is 8.42. The smallest absolute Gasteiger partial charge is 0.265 e. The van der Waals surface area contributed by atoms with Gasteiger partial charge in [0.15, 0.2) is 0 Å². The Morgan fingerprint density at radius 3 is 1.59 bits per heavy atom. The third-order valence-corrected chi connectivity index (χ3v) is 6.27. The number of ether oxygens (including phenoxy) is 5. The van der Waals surface area contributed by atoms with Crippen LogP contribution >= 0.6 is 34.8 Å². The van der Waals surface area contributed by atoms with Gasteiger partial charge in [-0.15, -0.1) is 0 Å². The van der Waals surface area contributed by atoms with Gasteiger partial charge in [0.2, 0.25) is 12.2 Å². The van der Waals surface area contributed by atoms with Crippen molar-refractivity contribution in [3.63, 3.8) is 0 Å². The molecule has 4 atom stereocenters. The topological polar surface area (TPSA) is 70.0 Å². The van der Waals surface area contributed by atoms with Crippen molar-refractivity contribution >= 4 is 40.7 Å². The molecule has 0 bridgehead atoms. The van der Waals surface area contributed by atoms with E-state index in [1.54, 1.807) is 0 Å². The molecule has 37 heavy (non-hydrogen) atoms. The van der Waals surface area contributed by atoms with Crippen molar-refractivity contribution < 1.29 is 23.7 Å². The highest BCUT2D eigenvalue weighted by Crippen LogP contribution is 2.32. The van der Waals surface area contributed by atoms with E-state index in [9.17, 15) is 0 Å². The van der Waals surface area contributed by atoms with E-state index in [2.05, 4.69) is 0 Å². The molecule has 1 unspecified atom stereocenters. The molecule has 0 aromatic heterocycles. The van der Waals surface area contributed by atoms with Gasteiger partial charge in [-0.05, 0) is 16.7 Å². The quantitative estimate of drug-likeness (QED) is 0.174. The zero-order valence-electron chi connectivity index (χ0n) is 20.0. The zero-order valence-corrected chi connectivity index (χ0v) is 22.2. The molecule has 0 spiro atoms. The molecule has 3 aromatic carbocycles. The maximum atomic E-state index is 8.08. The third-order valence-electron chi connectivity index (χ3n) is 5.75. The summed E-state index contributed by atoms with van der Waals surface area (Å²) >= 11 is 17.6. The average Bonchev–Trinajstić information content (AvgIpc) is 2.91. The predicted octanol–water partition coefficient (Wildman–Crippen LogP) is 6.46. The normalized spacial score (nSPS) is 21.9. The van der Waals surface area contributed by atoms with Crippen molar-refractivity contribution in [3.05, 3.63) is 108 Å². The lowest BCUT2D eigenvalue weighted by Crippen LogP contribution is -2.57. The maximum Gasteiger partial charge on any atom is 0.265 e. The van der Waals surface area contributed by atoms with Crippen molar-refractivity contribution in [2.24, 2.45) is 0 Å². The van der Waals surface area contributed by atoms with Crippen LogP contribution < -0.4 is 0 Å². The second kappa shape index (κ2) is 13.6. The molecule has 1 aliphatic heterocycles. The lowest BCUT2D eigenvalue weighted by molar-refractivity contribution is -0.282. The van der Waals surface area contributed by atoms with Gasteiger partial charge in [0, 0.05) is 0 Å². The molecule has 4 rings (SSSR count). The standard InChI is InChI=1S/C28H28Cl3NO5/c29-28(30,31)27(32)37-26-25(35-18-22-14-8-3-9-15-22)24(34-17-21-12-6-2-7-13-21)23(19-36-26)33-16-20-10-4-1-5-11-20/h1-15,23-26,32H,16-19H2/t23-,24+,25?,26-/m1/s1. The van der Waals surface area contributed by atoms with Gasteiger partial charge in [-0.25, -0.2) is 0 Å². The molecular formula is C28H28Cl3NO5. The predicted molar refractivity (Wildman–Crippen MR) is 144 cm³/mol.